The first kappa shape index (κ1) is 21.6. The Labute approximate surface area is 171 Å². The van der Waals surface area contributed by atoms with Crippen molar-refractivity contribution >= 4 is 5.97 Å². The average molecular weight is 421 g/mol. The van der Waals surface area contributed by atoms with Crippen molar-refractivity contribution in [1.82, 2.24) is 24.2 Å². The summed E-state index contributed by atoms with van der Waals surface area (Å²) in [5, 5.41) is 11.5. The molecule has 0 radical (unpaired) electrons. The average Bonchev–Trinajstić information content (AvgIpc) is 3.32. The number of nitrogens with zero attached hydrogens (tertiary/aromatic N) is 5. The molecule has 7 nitrogen and oxygen atoms in total. The number of carboxylic acids is 1. The number of carboxylic acid groups (broad SMARTS) is 1. The highest BCUT2D eigenvalue weighted by Crippen LogP contribution is 2.19. The summed E-state index contributed by atoms with van der Waals surface area (Å²) in [5.74, 6) is -1.08. The fraction of sp³-hybridized carbons (Fsp3) is 0.350. The molecule has 0 fully saturated rings. The van der Waals surface area contributed by atoms with Gasteiger partial charge in [0.1, 0.15) is 5.82 Å². The van der Waals surface area contributed by atoms with E-state index in [1.165, 1.54) is 5.56 Å². The van der Waals surface area contributed by atoms with Gasteiger partial charge in [0.05, 0.1) is 6.54 Å². The summed E-state index contributed by atoms with van der Waals surface area (Å²) in [4.78, 5) is 15.9. The van der Waals surface area contributed by atoms with Crippen LogP contribution in [-0.4, -0.2) is 48.0 Å². The smallest absolute Gasteiger partial charge is 0.475 e. The Hall–Kier alpha value is -3.14. The summed E-state index contributed by atoms with van der Waals surface area (Å²) < 4.78 is 36.1. The van der Waals surface area contributed by atoms with Crippen molar-refractivity contribution in [2.24, 2.45) is 5.92 Å². The van der Waals surface area contributed by atoms with Crippen LogP contribution in [0.2, 0.25) is 0 Å². The molecule has 1 aliphatic heterocycles. The van der Waals surface area contributed by atoms with Crippen molar-refractivity contribution in [3.05, 3.63) is 72.6 Å². The van der Waals surface area contributed by atoms with Crippen molar-refractivity contribution in [1.29, 1.82) is 0 Å². The van der Waals surface area contributed by atoms with E-state index in [2.05, 4.69) is 56.1 Å². The Morgan fingerprint density at radius 1 is 1.10 bits per heavy atom. The van der Waals surface area contributed by atoms with E-state index >= 15 is 0 Å². The lowest BCUT2D eigenvalue weighted by Gasteiger charge is -2.23. The molecule has 0 saturated heterocycles. The molecule has 30 heavy (non-hydrogen) atoms. The van der Waals surface area contributed by atoms with Crippen molar-refractivity contribution < 1.29 is 23.1 Å². The molecule has 0 amide bonds. The van der Waals surface area contributed by atoms with Gasteiger partial charge in [0.25, 0.3) is 0 Å². The second-order valence-corrected chi connectivity index (χ2v) is 7.05. The highest BCUT2D eigenvalue weighted by atomic mass is 19.4. The number of fused-ring (bicyclic) bond motifs is 1. The summed E-state index contributed by atoms with van der Waals surface area (Å²) >= 11 is 0. The number of aromatic nitrogens is 4. The zero-order chi connectivity index (χ0) is 21.6. The highest BCUT2D eigenvalue weighted by Gasteiger charge is 2.38. The molecule has 3 aromatic rings. The molecule has 1 unspecified atom stereocenters. The second-order valence-electron chi connectivity index (χ2n) is 7.05. The van der Waals surface area contributed by atoms with E-state index in [0.717, 1.165) is 38.5 Å². The van der Waals surface area contributed by atoms with Crippen LogP contribution in [0.1, 0.15) is 11.4 Å². The SMILES string of the molecule is O=C(O)C(F)(F)F.c1ccc(CN2Cc3nccn3CC(Cn3cccn3)C2)cc1. The minimum Gasteiger partial charge on any atom is -0.475 e. The molecule has 10 heteroatoms. The monoisotopic (exact) mass is 421 g/mol. The molecule has 3 heterocycles. The number of benzene rings is 1. The molecule has 1 aromatic carbocycles. The normalized spacial score (nSPS) is 16.8. The topological polar surface area (TPSA) is 76.2 Å². The van der Waals surface area contributed by atoms with Gasteiger partial charge in [-0.3, -0.25) is 9.58 Å². The van der Waals surface area contributed by atoms with E-state index in [-0.39, 0.29) is 0 Å². The molecule has 0 bridgehead atoms. The summed E-state index contributed by atoms with van der Waals surface area (Å²) in [6, 6.07) is 12.7. The lowest BCUT2D eigenvalue weighted by Crippen LogP contribution is -2.30. The number of rotatable bonds is 4. The Morgan fingerprint density at radius 2 is 1.83 bits per heavy atom. The van der Waals surface area contributed by atoms with Gasteiger partial charge in [0.2, 0.25) is 0 Å². The second kappa shape index (κ2) is 9.57. The van der Waals surface area contributed by atoms with Gasteiger partial charge in [-0.15, -0.1) is 0 Å². The summed E-state index contributed by atoms with van der Waals surface area (Å²) in [6.45, 7) is 4.86. The zero-order valence-electron chi connectivity index (χ0n) is 16.1. The number of aliphatic carboxylic acids is 1. The first-order valence-corrected chi connectivity index (χ1v) is 9.35. The van der Waals surface area contributed by atoms with Crippen LogP contribution >= 0.6 is 0 Å². The molecule has 0 spiro atoms. The molecule has 0 aliphatic carbocycles. The van der Waals surface area contributed by atoms with E-state index in [1.54, 1.807) is 0 Å². The Balaban J connectivity index is 0.000000318. The predicted molar refractivity (Wildman–Crippen MR) is 102 cm³/mol. The number of hydrogen-bond acceptors (Lipinski definition) is 4. The van der Waals surface area contributed by atoms with E-state index in [0.29, 0.717) is 5.92 Å². The van der Waals surface area contributed by atoms with E-state index < -0.39 is 12.1 Å². The zero-order valence-corrected chi connectivity index (χ0v) is 16.1. The van der Waals surface area contributed by atoms with Crippen LogP contribution in [0.4, 0.5) is 13.2 Å². The van der Waals surface area contributed by atoms with Crippen LogP contribution in [0.3, 0.4) is 0 Å². The quantitative estimate of drug-likeness (QED) is 0.701. The Morgan fingerprint density at radius 3 is 2.47 bits per heavy atom. The summed E-state index contributed by atoms with van der Waals surface area (Å²) in [5.41, 5.74) is 1.35. The maximum Gasteiger partial charge on any atom is 0.490 e. The fourth-order valence-electron chi connectivity index (χ4n) is 3.37. The molecule has 1 aliphatic rings. The maximum absolute atomic E-state index is 10.6. The van der Waals surface area contributed by atoms with Crippen LogP contribution in [0.15, 0.2) is 61.2 Å². The van der Waals surface area contributed by atoms with Crippen molar-refractivity contribution in [3.63, 3.8) is 0 Å². The van der Waals surface area contributed by atoms with Gasteiger partial charge in [-0.2, -0.15) is 18.3 Å². The summed E-state index contributed by atoms with van der Waals surface area (Å²) in [6.07, 6.45) is 2.81. The molecule has 4 rings (SSSR count). The van der Waals surface area contributed by atoms with E-state index in [1.807, 2.05) is 29.3 Å². The van der Waals surface area contributed by atoms with Gasteiger partial charge in [-0.05, 0) is 11.6 Å². The third-order valence-corrected chi connectivity index (χ3v) is 4.63. The van der Waals surface area contributed by atoms with Gasteiger partial charge in [-0.25, -0.2) is 9.78 Å². The third-order valence-electron chi connectivity index (χ3n) is 4.63. The van der Waals surface area contributed by atoms with Crippen LogP contribution in [0.5, 0.6) is 0 Å². The largest absolute Gasteiger partial charge is 0.490 e. The molecular weight excluding hydrogens is 399 g/mol. The molecule has 0 saturated carbocycles. The van der Waals surface area contributed by atoms with Gasteiger partial charge >= 0.3 is 12.1 Å². The van der Waals surface area contributed by atoms with Gasteiger partial charge in [0.15, 0.2) is 0 Å². The number of carbonyl (C=O) groups is 1. The maximum atomic E-state index is 10.6. The molecular formula is C20H22F3N5O2. The first-order valence-electron chi connectivity index (χ1n) is 9.35. The minimum atomic E-state index is -5.08. The Kier molecular flexibility index (Phi) is 6.88. The molecule has 160 valence electrons. The first-order chi connectivity index (χ1) is 14.3. The standard InChI is InChI=1S/C18H21N5.C2HF3O2/c1-2-5-16(6-3-1)11-21-12-17(14-23-9-4-7-20-23)13-22-10-8-19-18(22)15-21;3-2(4,5)1(6)7/h1-10,17H,11-15H2;(H,6,7). The molecule has 2 aromatic heterocycles. The van der Waals surface area contributed by atoms with Crippen LogP contribution in [-0.2, 0) is 31.0 Å². The number of alkyl halides is 3. The molecule has 1 N–H and O–H groups in total. The van der Waals surface area contributed by atoms with Crippen LogP contribution in [0.25, 0.3) is 0 Å². The van der Waals surface area contributed by atoms with Crippen molar-refractivity contribution in [2.45, 2.75) is 32.4 Å². The van der Waals surface area contributed by atoms with E-state index in [9.17, 15) is 13.2 Å². The molecule has 1 atom stereocenters. The van der Waals surface area contributed by atoms with Gasteiger partial charge in [0, 0.05) is 56.9 Å². The Bertz CT molecular complexity index is 926. The number of imidazole rings is 1. The van der Waals surface area contributed by atoms with Crippen molar-refractivity contribution in [3.8, 4) is 0 Å². The number of halogens is 3. The minimum absolute atomic E-state index is 0.522. The predicted octanol–water partition coefficient (Wildman–Crippen LogP) is 3.05. The van der Waals surface area contributed by atoms with E-state index in [4.69, 9.17) is 9.90 Å². The van der Waals surface area contributed by atoms with Crippen molar-refractivity contribution in [2.75, 3.05) is 6.54 Å². The number of hydrogen-bond donors (Lipinski definition) is 1. The fourth-order valence-corrected chi connectivity index (χ4v) is 3.37. The van der Waals surface area contributed by atoms with Gasteiger partial charge in [-0.1, -0.05) is 30.3 Å². The highest BCUT2D eigenvalue weighted by molar-refractivity contribution is 5.73. The van der Waals surface area contributed by atoms with Crippen LogP contribution in [0, 0.1) is 5.92 Å². The lowest BCUT2D eigenvalue weighted by atomic mass is 10.1. The summed E-state index contributed by atoms with van der Waals surface area (Å²) in [7, 11) is 0. The van der Waals surface area contributed by atoms with Gasteiger partial charge < -0.3 is 9.67 Å². The third kappa shape index (κ3) is 6.18. The van der Waals surface area contributed by atoms with Crippen LogP contribution < -0.4 is 0 Å². The lowest BCUT2D eigenvalue weighted by molar-refractivity contribution is -0.192.